The van der Waals surface area contributed by atoms with E-state index in [2.05, 4.69) is 32.8 Å². The minimum Gasteiger partial charge on any atom is -0.392 e. The summed E-state index contributed by atoms with van der Waals surface area (Å²) in [6.45, 7) is 5.97. The van der Waals surface area contributed by atoms with Crippen LogP contribution in [0.3, 0.4) is 0 Å². The first-order chi connectivity index (χ1) is 8.78. The van der Waals surface area contributed by atoms with Gasteiger partial charge in [0.15, 0.2) is 0 Å². The summed E-state index contributed by atoms with van der Waals surface area (Å²) in [5, 5.41) is 0. The molecule has 2 rings (SSSR count). The quantitative estimate of drug-likeness (QED) is 0.788. The molecule has 2 atom stereocenters. The first kappa shape index (κ1) is 14.7. The molecule has 0 bridgehead atoms. The zero-order valence-electron chi connectivity index (χ0n) is 12.3. The number of likely N-dealkylation sites (N-methyl/N-ethyl adjacent to an activating group) is 1. The maximum atomic E-state index is 12.8. The highest BCUT2D eigenvalue weighted by Crippen LogP contribution is 2.47. The van der Waals surface area contributed by atoms with Gasteiger partial charge in [-0.3, -0.25) is 4.79 Å². The van der Waals surface area contributed by atoms with Crippen LogP contribution in [0.15, 0.2) is 0 Å². The van der Waals surface area contributed by atoms with Gasteiger partial charge < -0.3 is 15.5 Å². The largest absolute Gasteiger partial charge is 0.392 e. The molecule has 2 unspecified atom stereocenters. The summed E-state index contributed by atoms with van der Waals surface area (Å²) in [5.74, 6) is 1.21. The van der Waals surface area contributed by atoms with E-state index in [0.29, 0.717) is 22.9 Å². The maximum absolute atomic E-state index is 12.8. The Kier molecular flexibility index (Phi) is 3.89. The molecule has 19 heavy (non-hydrogen) atoms. The molecule has 2 aliphatic rings. The van der Waals surface area contributed by atoms with Crippen LogP contribution in [-0.4, -0.2) is 53.9 Å². The molecule has 1 amide bonds. The van der Waals surface area contributed by atoms with Crippen LogP contribution < -0.4 is 5.73 Å². The molecular formula is C14H25N3OS. The fourth-order valence-electron chi connectivity index (χ4n) is 3.70. The van der Waals surface area contributed by atoms with Crippen molar-refractivity contribution >= 4 is 23.1 Å². The molecule has 0 radical (unpaired) electrons. The lowest BCUT2D eigenvalue weighted by molar-refractivity contribution is -0.143. The Labute approximate surface area is 121 Å². The molecule has 2 fully saturated rings. The van der Waals surface area contributed by atoms with E-state index in [-0.39, 0.29) is 5.91 Å². The van der Waals surface area contributed by atoms with Crippen LogP contribution in [0.5, 0.6) is 0 Å². The van der Waals surface area contributed by atoms with Gasteiger partial charge in [0.2, 0.25) is 5.91 Å². The van der Waals surface area contributed by atoms with Crippen LogP contribution in [-0.2, 0) is 4.79 Å². The van der Waals surface area contributed by atoms with Crippen molar-refractivity contribution in [1.82, 2.24) is 9.80 Å². The monoisotopic (exact) mass is 283 g/mol. The maximum Gasteiger partial charge on any atom is 0.235 e. The normalized spacial score (nSPS) is 38.4. The van der Waals surface area contributed by atoms with Gasteiger partial charge in [0.25, 0.3) is 0 Å². The lowest BCUT2D eigenvalue weighted by Crippen LogP contribution is -2.56. The van der Waals surface area contributed by atoms with Crippen LogP contribution >= 0.6 is 12.2 Å². The number of nitrogens with zero attached hydrogens (tertiary/aromatic N) is 2. The molecule has 0 aromatic heterocycles. The number of carbonyl (C=O) groups is 1. The summed E-state index contributed by atoms with van der Waals surface area (Å²) in [6, 6.07) is 0.435. The van der Waals surface area contributed by atoms with Crippen molar-refractivity contribution in [3.8, 4) is 0 Å². The van der Waals surface area contributed by atoms with Gasteiger partial charge in [-0.2, -0.15) is 0 Å². The van der Waals surface area contributed by atoms with Gasteiger partial charge in [-0.25, -0.2) is 0 Å². The Balaban J connectivity index is 2.11. The SMILES string of the molecule is CC1CC(C(=O)N2CC(C)C(N(C)C)C2)(C(N)=S)C1. The van der Waals surface area contributed by atoms with Crippen molar-refractivity contribution in [3.63, 3.8) is 0 Å². The van der Waals surface area contributed by atoms with Gasteiger partial charge >= 0.3 is 0 Å². The second-order valence-electron chi connectivity index (χ2n) is 6.68. The fraction of sp³-hybridized carbons (Fsp3) is 0.857. The van der Waals surface area contributed by atoms with E-state index < -0.39 is 5.41 Å². The number of thiocarbonyl (C=S) groups is 1. The number of hydrogen-bond acceptors (Lipinski definition) is 3. The molecule has 1 saturated heterocycles. The minimum atomic E-state index is -0.546. The first-order valence-electron chi connectivity index (χ1n) is 7.03. The highest BCUT2D eigenvalue weighted by atomic mass is 32.1. The number of nitrogens with two attached hydrogens (primary N) is 1. The third kappa shape index (κ3) is 2.38. The third-order valence-electron chi connectivity index (χ3n) is 4.80. The average molecular weight is 283 g/mol. The lowest BCUT2D eigenvalue weighted by atomic mass is 9.61. The van der Waals surface area contributed by atoms with Crippen molar-refractivity contribution in [2.75, 3.05) is 27.2 Å². The van der Waals surface area contributed by atoms with Gasteiger partial charge in [-0.05, 0) is 38.8 Å². The van der Waals surface area contributed by atoms with E-state index in [1.54, 1.807) is 0 Å². The third-order valence-corrected chi connectivity index (χ3v) is 5.19. The van der Waals surface area contributed by atoms with Gasteiger partial charge in [0.1, 0.15) is 0 Å². The number of hydrogen-bond donors (Lipinski definition) is 1. The zero-order chi connectivity index (χ0) is 14.4. The molecule has 108 valence electrons. The minimum absolute atomic E-state index is 0.161. The molecule has 4 nitrogen and oxygen atoms in total. The number of carbonyl (C=O) groups excluding carboxylic acids is 1. The smallest absolute Gasteiger partial charge is 0.235 e. The van der Waals surface area contributed by atoms with Crippen LogP contribution in [0.4, 0.5) is 0 Å². The summed E-state index contributed by atoms with van der Waals surface area (Å²) >= 11 is 5.18. The molecule has 5 heteroatoms. The Morgan fingerprint density at radius 1 is 1.32 bits per heavy atom. The summed E-state index contributed by atoms with van der Waals surface area (Å²) < 4.78 is 0. The van der Waals surface area contributed by atoms with E-state index in [0.717, 1.165) is 25.9 Å². The van der Waals surface area contributed by atoms with Crippen molar-refractivity contribution in [1.29, 1.82) is 0 Å². The molecule has 0 aromatic rings. The van der Waals surface area contributed by atoms with Crippen molar-refractivity contribution < 1.29 is 4.79 Å². The molecule has 1 heterocycles. The fourth-order valence-corrected chi connectivity index (χ4v) is 3.96. The van der Waals surface area contributed by atoms with Gasteiger partial charge in [-0.15, -0.1) is 0 Å². The Bertz CT molecular complexity index is 390. The highest BCUT2D eigenvalue weighted by molar-refractivity contribution is 7.80. The van der Waals surface area contributed by atoms with E-state index in [9.17, 15) is 4.79 Å². The molecule has 1 aliphatic heterocycles. The number of rotatable bonds is 3. The summed E-state index contributed by atoms with van der Waals surface area (Å²) in [4.78, 5) is 17.4. The Hall–Kier alpha value is -0.680. The Morgan fingerprint density at radius 3 is 2.26 bits per heavy atom. The van der Waals surface area contributed by atoms with Gasteiger partial charge in [-0.1, -0.05) is 26.1 Å². The van der Waals surface area contributed by atoms with Gasteiger partial charge in [0, 0.05) is 19.1 Å². The Morgan fingerprint density at radius 2 is 1.89 bits per heavy atom. The predicted molar refractivity (Wildman–Crippen MR) is 80.8 cm³/mol. The zero-order valence-corrected chi connectivity index (χ0v) is 13.2. The summed E-state index contributed by atoms with van der Waals surface area (Å²) in [5.41, 5.74) is 5.32. The standard InChI is InChI=1S/C14H25N3OS/c1-9-5-14(6-9,12(15)19)13(18)17-7-10(2)11(8-17)16(3)4/h9-11H,5-8H2,1-4H3,(H2,15,19). The predicted octanol–water partition coefficient (Wildman–Crippen LogP) is 1.10. The molecule has 0 spiro atoms. The van der Waals surface area contributed by atoms with Crippen molar-refractivity contribution in [3.05, 3.63) is 0 Å². The topological polar surface area (TPSA) is 49.6 Å². The van der Waals surface area contributed by atoms with Crippen LogP contribution in [0, 0.1) is 17.3 Å². The second-order valence-corrected chi connectivity index (χ2v) is 7.12. The van der Waals surface area contributed by atoms with E-state index in [4.69, 9.17) is 18.0 Å². The molecular weight excluding hydrogens is 258 g/mol. The van der Waals surface area contributed by atoms with Crippen molar-refractivity contribution in [2.45, 2.75) is 32.7 Å². The molecule has 2 N–H and O–H groups in total. The number of amides is 1. The first-order valence-corrected chi connectivity index (χ1v) is 7.44. The van der Waals surface area contributed by atoms with E-state index in [1.165, 1.54) is 0 Å². The van der Waals surface area contributed by atoms with Crippen molar-refractivity contribution in [2.24, 2.45) is 23.0 Å². The average Bonchev–Trinajstić information content (AvgIpc) is 2.65. The highest BCUT2D eigenvalue weighted by Gasteiger charge is 2.53. The van der Waals surface area contributed by atoms with Crippen LogP contribution in [0.1, 0.15) is 26.7 Å². The summed E-state index contributed by atoms with van der Waals surface area (Å²) in [7, 11) is 4.15. The van der Waals surface area contributed by atoms with E-state index >= 15 is 0 Å². The second kappa shape index (κ2) is 5.02. The lowest BCUT2D eigenvalue weighted by Gasteiger charge is -2.46. The number of likely N-dealkylation sites (tertiary alicyclic amines) is 1. The summed E-state index contributed by atoms with van der Waals surface area (Å²) in [6.07, 6.45) is 1.64. The molecule has 1 saturated carbocycles. The van der Waals surface area contributed by atoms with Crippen LogP contribution in [0.25, 0.3) is 0 Å². The van der Waals surface area contributed by atoms with Crippen LogP contribution in [0.2, 0.25) is 0 Å². The van der Waals surface area contributed by atoms with E-state index in [1.807, 2.05) is 4.90 Å². The van der Waals surface area contributed by atoms with Gasteiger partial charge in [0.05, 0.1) is 10.4 Å². The molecule has 1 aliphatic carbocycles. The molecule has 0 aromatic carbocycles.